The van der Waals surface area contributed by atoms with E-state index >= 15 is 0 Å². The Labute approximate surface area is 186 Å². The van der Waals surface area contributed by atoms with E-state index in [0.29, 0.717) is 28.7 Å². The Balaban J connectivity index is 1.16. The lowest BCUT2D eigenvalue weighted by molar-refractivity contribution is -0.118. The third-order valence-electron chi connectivity index (χ3n) is 7.66. The predicted octanol–water partition coefficient (Wildman–Crippen LogP) is 4.65. The lowest BCUT2D eigenvalue weighted by Gasteiger charge is -2.65. The normalized spacial score (nSPS) is 33.7. The van der Waals surface area contributed by atoms with E-state index in [-0.39, 0.29) is 11.7 Å². The summed E-state index contributed by atoms with van der Waals surface area (Å²) in [5, 5.41) is 16.6. The Morgan fingerprint density at radius 3 is 2.52 bits per heavy atom. The lowest BCUT2D eigenvalue weighted by Crippen LogP contribution is -2.64. The summed E-state index contributed by atoms with van der Waals surface area (Å²) in [6.45, 7) is 6.76. The van der Waals surface area contributed by atoms with Gasteiger partial charge in [-0.3, -0.25) is 4.79 Å². The summed E-state index contributed by atoms with van der Waals surface area (Å²) < 4.78 is 5.09. The molecule has 1 aromatic rings. The topological polar surface area (TPSA) is 70.6 Å². The molecule has 4 aliphatic carbocycles. The zero-order chi connectivity index (χ0) is 22.1. The Bertz CT molecular complexity index is 831. The zero-order valence-corrected chi connectivity index (χ0v) is 19.3. The first-order valence-electron chi connectivity index (χ1n) is 11.8. The molecule has 0 radical (unpaired) electrons. The van der Waals surface area contributed by atoms with Crippen molar-refractivity contribution < 1.29 is 14.6 Å². The second-order valence-corrected chi connectivity index (χ2v) is 11.1. The third kappa shape index (κ3) is 5.08. The van der Waals surface area contributed by atoms with E-state index in [4.69, 9.17) is 4.74 Å². The molecule has 4 bridgehead atoms. The van der Waals surface area contributed by atoms with E-state index in [1.54, 1.807) is 24.3 Å². The first kappa shape index (κ1) is 22.2. The largest absolute Gasteiger partial charge is 0.504 e. The predicted molar refractivity (Wildman–Crippen MR) is 124 cm³/mol. The van der Waals surface area contributed by atoms with Crippen LogP contribution >= 0.6 is 0 Å². The third-order valence-corrected chi connectivity index (χ3v) is 7.66. The minimum absolute atomic E-state index is 0.0921. The summed E-state index contributed by atoms with van der Waals surface area (Å²) in [5.74, 6) is 1.31. The fourth-order valence-electron chi connectivity index (χ4n) is 7.49. The maximum atomic E-state index is 12.1. The molecule has 4 saturated carbocycles. The molecule has 0 saturated heterocycles. The number of hydrogen-bond donors (Lipinski definition) is 3. The lowest BCUT2D eigenvalue weighted by atomic mass is 9.43. The van der Waals surface area contributed by atoms with E-state index in [9.17, 15) is 9.90 Å². The maximum absolute atomic E-state index is 12.1. The Hall–Kier alpha value is -2.01. The van der Waals surface area contributed by atoms with Gasteiger partial charge in [-0.05, 0) is 98.4 Å². The molecule has 31 heavy (non-hydrogen) atoms. The number of rotatable bonds is 9. The molecule has 3 N–H and O–H groups in total. The van der Waals surface area contributed by atoms with Crippen molar-refractivity contribution in [3.05, 3.63) is 29.8 Å². The number of phenolic OH excluding ortho intramolecular Hbond substituents is 1. The van der Waals surface area contributed by atoms with Crippen molar-refractivity contribution in [3.8, 4) is 11.5 Å². The number of carbonyl (C=O) groups is 1. The Morgan fingerprint density at radius 2 is 1.84 bits per heavy atom. The van der Waals surface area contributed by atoms with E-state index in [0.717, 1.165) is 30.9 Å². The molecule has 4 fully saturated rings. The van der Waals surface area contributed by atoms with Crippen molar-refractivity contribution >= 4 is 12.0 Å². The van der Waals surface area contributed by atoms with Gasteiger partial charge in [-0.15, -0.1) is 0 Å². The molecule has 5 rings (SSSR count). The van der Waals surface area contributed by atoms with Crippen molar-refractivity contribution in [2.75, 3.05) is 20.2 Å². The van der Waals surface area contributed by atoms with E-state index in [1.165, 1.54) is 51.7 Å². The number of aromatic hydroxyl groups is 1. The van der Waals surface area contributed by atoms with Crippen LogP contribution in [-0.2, 0) is 4.79 Å². The standard InChI is InChI=1S/C26H38N2O3/c1-24-13-20-14-25(2,16-24)18-26(15-20,17-24)28-11-5-4-10-27-23(30)9-7-19-6-8-21(29)22(12-19)31-3/h6-9,12,20,28-29H,4-5,10-11,13-18H2,1-3H3,(H,27,30)/b9-7+. The van der Waals surface area contributed by atoms with Gasteiger partial charge in [-0.2, -0.15) is 0 Å². The molecule has 1 aromatic carbocycles. The van der Waals surface area contributed by atoms with Crippen LogP contribution in [0.25, 0.3) is 6.08 Å². The van der Waals surface area contributed by atoms with Gasteiger partial charge in [0.05, 0.1) is 7.11 Å². The summed E-state index contributed by atoms with van der Waals surface area (Å²) in [7, 11) is 1.51. The smallest absolute Gasteiger partial charge is 0.243 e. The molecule has 0 aliphatic heterocycles. The summed E-state index contributed by atoms with van der Waals surface area (Å²) in [4.78, 5) is 12.1. The van der Waals surface area contributed by atoms with Gasteiger partial charge in [-0.25, -0.2) is 0 Å². The van der Waals surface area contributed by atoms with Crippen LogP contribution in [0, 0.1) is 16.7 Å². The first-order valence-corrected chi connectivity index (χ1v) is 11.8. The molecule has 1 amide bonds. The molecule has 5 heteroatoms. The van der Waals surface area contributed by atoms with Gasteiger partial charge >= 0.3 is 0 Å². The average Bonchev–Trinajstić information content (AvgIpc) is 2.67. The summed E-state index contributed by atoms with van der Waals surface area (Å²) in [5.41, 5.74) is 2.26. The SMILES string of the molecule is COc1cc(/C=C/C(=O)NCCCCNC23CC4CC(C)(CC(C)(C4)C2)C3)ccc1O. The van der Waals surface area contributed by atoms with Crippen LogP contribution in [0.1, 0.15) is 70.8 Å². The number of carbonyl (C=O) groups excluding carboxylic acids is 1. The molecule has 0 aromatic heterocycles. The number of benzene rings is 1. The van der Waals surface area contributed by atoms with E-state index in [1.807, 2.05) is 0 Å². The van der Waals surface area contributed by atoms with E-state index in [2.05, 4.69) is 24.5 Å². The number of methoxy groups -OCH3 is 1. The number of amides is 1. The van der Waals surface area contributed by atoms with Crippen LogP contribution in [-0.4, -0.2) is 36.8 Å². The van der Waals surface area contributed by atoms with Crippen molar-refractivity contribution in [2.24, 2.45) is 16.7 Å². The van der Waals surface area contributed by atoms with Gasteiger partial charge in [-0.1, -0.05) is 19.9 Å². The van der Waals surface area contributed by atoms with Gasteiger partial charge in [0.25, 0.3) is 0 Å². The highest BCUT2D eigenvalue weighted by Gasteiger charge is 2.59. The van der Waals surface area contributed by atoms with Gasteiger partial charge in [0.1, 0.15) is 0 Å². The molecular formula is C26H38N2O3. The molecular weight excluding hydrogens is 388 g/mol. The first-order chi connectivity index (χ1) is 14.7. The molecule has 170 valence electrons. The molecule has 0 heterocycles. The highest BCUT2D eigenvalue weighted by Crippen LogP contribution is 2.66. The molecule has 0 spiro atoms. The summed E-state index contributed by atoms with van der Waals surface area (Å²) in [6.07, 6.45) is 13.6. The fraction of sp³-hybridized carbons (Fsp3) is 0.654. The van der Waals surface area contributed by atoms with Crippen LogP contribution < -0.4 is 15.4 Å². The van der Waals surface area contributed by atoms with E-state index < -0.39 is 0 Å². The number of hydrogen-bond acceptors (Lipinski definition) is 4. The monoisotopic (exact) mass is 426 g/mol. The average molecular weight is 427 g/mol. The van der Waals surface area contributed by atoms with Gasteiger partial charge in [0.15, 0.2) is 11.5 Å². The van der Waals surface area contributed by atoms with Crippen LogP contribution in [0.15, 0.2) is 24.3 Å². The van der Waals surface area contributed by atoms with Gasteiger partial charge < -0.3 is 20.5 Å². The number of nitrogens with one attached hydrogen (secondary N) is 2. The highest BCUT2D eigenvalue weighted by atomic mass is 16.5. The Kier molecular flexibility index (Phi) is 6.08. The highest BCUT2D eigenvalue weighted by molar-refractivity contribution is 5.91. The van der Waals surface area contributed by atoms with Crippen LogP contribution in [0.3, 0.4) is 0 Å². The minimum atomic E-state index is -0.0954. The number of phenols is 1. The second-order valence-electron chi connectivity index (χ2n) is 11.1. The zero-order valence-electron chi connectivity index (χ0n) is 19.3. The summed E-state index contributed by atoms with van der Waals surface area (Å²) in [6, 6.07) is 5.02. The van der Waals surface area contributed by atoms with Crippen molar-refractivity contribution in [3.63, 3.8) is 0 Å². The second kappa shape index (κ2) is 8.50. The number of unbranched alkanes of at least 4 members (excludes halogenated alkanes) is 1. The van der Waals surface area contributed by atoms with Crippen molar-refractivity contribution in [1.29, 1.82) is 0 Å². The molecule has 2 unspecified atom stereocenters. The molecule has 2 atom stereocenters. The van der Waals surface area contributed by atoms with Crippen LogP contribution in [0.5, 0.6) is 11.5 Å². The fourth-order valence-corrected chi connectivity index (χ4v) is 7.49. The van der Waals surface area contributed by atoms with Crippen LogP contribution in [0.4, 0.5) is 0 Å². The quantitative estimate of drug-likeness (QED) is 0.397. The number of ether oxygens (including phenoxy) is 1. The molecule has 5 nitrogen and oxygen atoms in total. The van der Waals surface area contributed by atoms with Crippen molar-refractivity contribution in [1.82, 2.24) is 10.6 Å². The van der Waals surface area contributed by atoms with Gasteiger partial charge in [0.2, 0.25) is 5.91 Å². The molecule has 4 aliphatic rings. The van der Waals surface area contributed by atoms with Crippen molar-refractivity contribution in [2.45, 2.75) is 70.8 Å². The minimum Gasteiger partial charge on any atom is -0.504 e. The summed E-state index contributed by atoms with van der Waals surface area (Å²) >= 11 is 0. The maximum Gasteiger partial charge on any atom is 0.243 e. The van der Waals surface area contributed by atoms with Crippen LogP contribution in [0.2, 0.25) is 0 Å². The van der Waals surface area contributed by atoms with Gasteiger partial charge in [0, 0.05) is 18.2 Å². The Morgan fingerprint density at radius 1 is 1.13 bits per heavy atom.